The minimum atomic E-state index is -0.0522. The molecule has 0 atom stereocenters. The molecule has 0 saturated heterocycles. The first-order chi connectivity index (χ1) is 9.84. The minimum absolute atomic E-state index is 0.0522. The van der Waals surface area contributed by atoms with E-state index in [9.17, 15) is 4.79 Å². The molecule has 1 amide bonds. The molecule has 20 heavy (non-hydrogen) atoms. The maximum absolute atomic E-state index is 12.7. The largest absolute Gasteiger partial charge is 0.360 e. The number of benzene rings is 1. The summed E-state index contributed by atoms with van der Waals surface area (Å²) in [5.74, 6) is 0.795. The van der Waals surface area contributed by atoms with Gasteiger partial charge in [-0.3, -0.25) is 4.79 Å². The van der Waals surface area contributed by atoms with Gasteiger partial charge in [-0.15, -0.1) is 0 Å². The second-order valence-corrected chi connectivity index (χ2v) is 5.20. The van der Waals surface area contributed by atoms with Crippen molar-refractivity contribution in [3.05, 3.63) is 46.8 Å². The number of para-hydroxylation sites is 1. The Kier molecular flexibility index (Phi) is 2.60. The molecule has 1 aromatic heterocycles. The molecule has 102 valence electrons. The van der Waals surface area contributed by atoms with E-state index in [0.717, 1.165) is 36.4 Å². The third kappa shape index (κ3) is 1.67. The summed E-state index contributed by atoms with van der Waals surface area (Å²) in [7, 11) is 0. The van der Waals surface area contributed by atoms with Gasteiger partial charge in [0.1, 0.15) is 5.76 Å². The summed E-state index contributed by atoms with van der Waals surface area (Å²) in [5, 5.41) is 7.27. The lowest BCUT2D eigenvalue weighted by atomic mass is 10.1. The number of carbonyl (C=O) groups excluding carboxylic acids is 1. The lowest BCUT2D eigenvalue weighted by Gasteiger charge is -2.17. The lowest BCUT2D eigenvalue weighted by Crippen LogP contribution is -2.31. The van der Waals surface area contributed by atoms with Crippen LogP contribution in [0.1, 0.15) is 27.4 Å². The van der Waals surface area contributed by atoms with Crippen LogP contribution in [0.4, 0.5) is 5.69 Å². The van der Waals surface area contributed by atoms with Gasteiger partial charge in [-0.1, -0.05) is 23.4 Å². The fraction of sp³-hybridized carbons (Fsp3) is 0.333. The Balaban J connectivity index is 1.70. The maximum Gasteiger partial charge on any atom is 0.280 e. The van der Waals surface area contributed by atoms with Crippen LogP contribution in [-0.2, 0) is 19.4 Å². The number of aromatic nitrogens is 1. The van der Waals surface area contributed by atoms with Crippen molar-refractivity contribution >= 4 is 11.6 Å². The normalized spacial score (nSPS) is 16.9. The van der Waals surface area contributed by atoms with Gasteiger partial charge < -0.3 is 14.7 Å². The number of amides is 1. The molecule has 2 aliphatic rings. The van der Waals surface area contributed by atoms with E-state index in [1.807, 2.05) is 23.1 Å². The number of rotatable bonds is 1. The number of fused-ring (bicyclic) bond motifs is 2. The number of nitrogens with zero attached hydrogens (tertiary/aromatic N) is 2. The zero-order valence-corrected chi connectivity index (χ0v) is 11.1. The molecule has 5 nitrogen and oxygen atoms in total. The summed E-state index contributed by atoms with van der Waals surface area (Å²) in [6.07, 6.45) is 1.70. The van der Waals surface area contributed by atoms with Crippen LogP contribution in [0.2, 0.25) is 0 Å². The molecule has 0 aliphatic carbocycles. The van der Waals surface area contributed by atoms with Crippen LogP contribution in [0.3, 0.4) is 0 Å². The summed E-state index contributed by atoms with van der Waals surface area (Å²) in [4.78, 5) is 14.5. The first-order valence-corrected chi connectivity index (χ1v) is 6.92. The van der Waals surface area contributed by atoms with E-state index in [1.165, 1.54) is 5.56 Å². The van der Waals surface area contributed by atoms with Crippen molar-refractivity contribution in [2.45, 2.75) is 19.4 Å². The Morgan fingerprint density at radius 2 is 2.20 bits per heavy atom. The highest BCUT2D eigenvalue weighted by Gasteiger charge is 2.31. The maximum atomic E-state index is 12.7. The van der Waals surface area contributed by atoms with E-state index in [0.29, 0.717) is 18.8 Å². The van der Waals surface area contributed by atoms with Crippen molar-refractivity contribution in [3.63, 3.8) is 0 Å². The van der Waals surface area contributed by atoms with E-state index >= 15 is 0 Å². The predicted molar refractivity (Wildman–Crippen MR) is 73.7 cm³/mol. The molecule has 2 aromatic rings. The molecule has 0 unspecified atom stereocenters. The Labute approximate surface area is 116 Å². The molecule has 0 saturated carbocycles. The molecular formula is C15H15N3O2. The third-order valence-electron chi connectivity index (χ3n) is 4.04. The molecule has 4 rings (SSSR count). The van der Waals surface area contributed by atoms with Crippen molar-refractivity contribution in [3.8, 4) is 0 Å². The average Bonchev–Trinajstić information content (AvgIpc) is 3.11. The molecule has 0 radical (unpaired) electrons. The number of nitrogens with one attached hydrogen (secondary N) is 1. The summed E-state index contributed by atoms with van der Waals surface area (Å²) < 4.78 is 5.32. The molecule has 1 N–H and O–H groups in total. The van der Waals surface area contributed by atoms with Gasteiger partial charge in [-0.25, -0.2) is 0 Å². The second kappa shape index (κ2) is 4.45. The van der Waals surface area contributed by atoms with Crippen LogP contribution in [0.15, 0.2) is 28.8 Å². The van der Waals surface area contributed by atoms with E-state index in [4.69, 9.17) is 4.52 Å². The molecule has 5 heteroatoms. The van der Waals surface area contributed by atoms with Gasteiger partial charge in [0.25, 0.3) is 5.91 Å². The molecule has 0 fully saturated rings. The number of hydrogen-bond donors (Lipinski definition) is 1. The Hall–Kier alpha value is -2.14. The van der Waals surface area contributed by atoms with Crippen molar-refractivity contribution in [2.24, 2.45) is 0 Å². The summed E-state index contributed by atoms with van der Waals surface area (Å²) >= 11 is 0. The van der Waals surface area contributed by atoms with Gasteiger partial charge in [0.2, 0.25) is 0 Å². The topological polar surface area (TPSA) is 58.4 Å². The monoisotopic (exact) mass is 269 g/mol. The predicted octanol–water partition coefficient (Wildman–Crippen LogP) is 1.52. The number of hydrogen-bond acceptors (Lipinski definition) is 4. The fourth-order valence-corrected chi connectivity index (χ4v) is 2.98. The van der Waals surface area contributed by atoms with Crippen LogP contribution >= 0.6 is 0 Å². The van der Waals surface area contributed by atoms with Crippen molar-refractivity contribution in [2.75, 3.05) is 18.0 Å². The molecule has 2 aliphatic heterocycles. The van der Waals surface area contributed by atoms with E-state index in [-0.39, 0.29) is 5.91 Å². The lowest BCUT2D eigenvalue weighted by molar-refractivity contribution is 0.0980. The van der Waals surface area contributed by atoms with Crippen LogP contribution in [0, 0.1) is 0 Å². The van der Waals surface area contributed by atoms with Crippen molar-refractivity contribution < 1.29 is 9.32 Å². The van der Waals surface area contributed by atoms with Gasteiger partial charge in [0, 0.05) is 37.3 Å². The Bertz CT molecular complexity index is 678. The van der Waals surface area contributed by atoms with Gasteiger partial charge in [0.15, 0.2) is 5.69 Å². The highest BCUT2D eigenvalue weighted by molar-refractivity contribution is 6.07. The quantitative estimate of drug-likeness (QED) is 0.853. The Morgan fingerprint density at radius 3 is 3.15 bits per heavy atom. The van der Waals surface area contributed by atoms with E-state index in [2.05, 4.69) is 16.5 Å². The molecule has 3 heterocycles. The SMILES string of the molecule is O=C(c1noc2c1CNCC2)N1CCc2ccccc21. The zero-order valence-electron chi connectivity index (χ0n) is 11.1. The van der Waals surface area contributed by atoms with Crippen LogP contribution < -0.4 is 10.2 Å². The highest BCUT2D eigenvalue weighted by Crippen LogP contribution is 2.30. The third-order valence-corrected chi connectivity index (χ3v) is 4.04. The average molecular weight is 269 g/mol. The molecule has 1 aromatic carbocycles. The molecule has 0 bridgehead atoms. The van der Waals surface area contributed by atoms with Crippen molar-refractivity contribution in [1.29, 1.82) is 0 Å². The van der Waals surface area contributed by atoms with E-state index < -0.39 is 0 Å². The van der Waals surface area contributed by atoms with Gasteiger partial charge in [-0.2, -0.15) is 0 Å². The van der Waals surface area contributed by atoms with Crippen LogP contribution in [0.25, 0.3) is 0 Å². The fourth-order valence-electron chi connectivity index (χ4n) is 2.98. The highest BCUT2D eigenvalue weighted by atomic mass is 16.5. The Morgan fingerprint density at radius 1 is 1.30 bits per heavy atom. The minimum Gasteiger partial charge on any atom is -0.360 e. The zero-order chi connectivity index (χ0) is 13.5. The number of carbonyl (C=O) groups is 1. The van der Waals surface area contributed by atoms with Gasteiger partial charge in [-0.05, 0) is 18.1 Å². The standard InChI is InChI=1S/C15H15N3O2/c19-15(14-11-9-16-7-5-13(11)20-17-14)18-8-6-10-3-1-2-4-12(10)18/h1-4,16H,5-9H2. The smallest absolute Gasteiger partial charge is 0.280 e. The molecule has 0 spiro atoms. The number of anilines is 1. The first-order valence-electron chi connectivity index (χ1n) is 6.92. The second-order valence-electron chi connectivity index (χ2n) is 5.20. The molecular weight excluding hydrogens is 254 g/mol. The summed E-state index contributed by atoms with van der Waals surface area (Å²) in [6, 6.07) is 8.03. The van der Waals surface area contributed by atoms with Crippen LogP contribution in [0.5, 0.6) is 0 Å². The van der Waals surface area contributed by atoms with E-state index in [1.54, 1.807) is 0 Å². The van der Waals surface area contributed by atoms with Gasteiger partial charge in [0.05, 0.1) is 0 Å². The van der Waals surface area contributed by atoms with Crippen LogP contribution in [-0.4, -0.2) is 24.2 Å². The first kappa shape index (κ1) is 11.7. The summed E-state index contributed by atoms with van der Waals surface area (Å²) in [5.41, 5.74) is 3.60. The van der Waals surface area contributed by atoms with Gasteiger partial charge >= 0.3 is 0 Å². The summed E-state index contributed by atoms with van der Waals surface area (Å²) in [6.45, 7) is 2.25. The van der Waals surface area contributed by atoms with Crippen molar-refractivity contribution in [1.82, 2.24) is 10.5 Å².